The zero-order valence-corrected chi connectivity index (χ0v) is 9.70. The summed E-state index contributed by atoms with van der Waals surface area (Å²) in [5.41, 5.74) is 6.16. The molecule has 0 saturated heterocycles. The largest absolute Gasteiger partial charge is 0.506 e. The van der Waals surface area contributed by atoms with Gasteiger partial charge in [0.1, 0.15) is 11.8 Å². The lowest BCUT2D eigenvalue weighted by atomic mass is 10.1. The fourth-order valence-corrected chi connectivity index (χ4v) is 1.49. The minimum absolute atomic E-state index is 0.0380. The zero-order valence-electron chi connectivity index (χ0n) is 8.94. The molecule has 0 saturated carbocycles. The van der Waals surface area contributed by atoms with Crippen LogP contribution >= 0.6 is 11.6 Å². The van der Waals surface area contributed by atoms with Crippen molar-refractivity contribution in [3.63, 3.8) is 0 Å². The second kappa shape index (κ2) is 5.72. The Labute approximate surface area is 99.0 Å². The molecule has 0 fully saturated rings. The molecule has 1 aromatic carbocycles. The first-order valence-electron chi connectivity index (χ1n) is 4.94. The van der Waals surface area contributed by atoms with Crippen molar-refractivity contribution in [1.29, 1.82) is 0 Å². The Morgan fingerprint density at radius 3 is 2.94 bits per heavy atom. The maximum atomic E-state index is 11.3. The molecular formula is C11H14ClNO3. The van der Waals surface area contributed by atoms with Crippen LogP contribution in [-0.4, -0.2) is 23.7 Å². The molecule has 0 aromatic heterocycles. The number of nitrogens with two attached hydrogens (primary N) is 1. The third-order valence-electron chi connectivity index (χ3n) is 2.10. The van der Waals surface area contributed by atoms with Gasteiger partial charge in [-0.2, -0.15) is 0 Å². The summed E-state index contributed by atoms with van der Waals surface area (Å²) in [6, 6.07) is 4.13. The lowest BCUT2D eigenvalue weighted by molar-refractivity contribution is -0.144. The van der Waals surface area contributed by atoms with E-state index in [0.29, 0.717) is 5.56 Å². The van der Waals surface area contributed by atoms with E-state index in [1.807, 2.05) is 0 Å². The quantitative estimate of drug-likeness (QED) is 0.786. The number of para-hydroxylation sites is 1. The number of phenols is 1. The van der Waals surface area contributed by atoms with Crippen LogP contribution in [0.4, 0.5) is 0 Å². The van der Waals surface area contributed by atoms with Crippen LogP contribution in [0.15, 0.2) is 18.2 Å². The molecule has 5 heteroatoms. The number of carbonyl (C=O) groups is 1. The van der Waals surface area contributed by atoms with Crippen molar-refractivity contribution in [1.82, 2.24) is 0 Å². The van der Waals surface area contributed by atoms with Gasteiger partial charge in [-0.1, -0.05) is 23.7 Å². The predicted molar refractivity (Wildman–Crippen MR) is 61.4 cm³/mol. The number of hydrogen-bond acceptors (Lipinski definition) is 4. The van der Waals surface area contributed by atoms with Gasteiger partial charge in [0.15, 0.2) is 0 Å². The molecule has 0 radical (unpaired) electrons. The first kappa shape index (κ1) is 12.8. The average molecular weight is 244 g/mol. The number of halogens is 1. The molecule has 4 nitrogen and oxygen atoms in total. The molecule has 0 spiro atoms. The van der Waals surface area contributed by atoms with Gasteiger partial charge in [-0.3, -0.25) is 4.79 Å². The summed E-state index contributed by atoms with van der Waals surface area (Å²) in [6.45, 7) is 2.00. The molecule has 0 heterocycles. The Morgan fingerprint density at radius 1 is 1.62 bits per heavy atom. The number of phenolic OH excluding ortho intramolecular Hbond substituents is 1. The maximum Gasteiger partial charge on any atom is 0.323 e. The van der Waals surface area contributed by atoms with Gasteiger partial charge in [-0.15, -0.1) is 0 Å². The van der Waals surface area contributed by atoms with Crippen molar-refractivity contribution in [2.45, 2.75) is 19.4 Å². The van der Waals surface area contributed by atoms with Crippen LogP contribution in [0.2, 0.25) is 5.02 Å². The third kappa shape index (κ3) is 3.12. The van der Waals surface area contributed by atoms with Crippen LogP contribution in [-0.2, 0) is 16.0 Å². The summed E-state index contributed by atoms with van der Waals surface area (Å²) < 4.78 is 4.77. The Bertz CT molecular complexity index is 381. The van der Waals surface area contributed by atoms with E-state index >= 15 is 0 Å². The van der Waals surface area contributed by atoms with Gasteiger partial charge in [0, 0.05) is 6.42 Å². The highest BCUT2D eigenvalue weighted by atomic mass is 35.5. The SMILES string of the molecule is CCOC(=O)C(N)Cc1cccc(Cl)c1O. The lowest BCUT2D eigenvalue weighted by Gasteiger charge is -2.11. The van der Waals surface area contributed by atoms with Crippen LogP contribution in [0.3, 0.4) is 0 Å². The zero-order chi connectivity index (χ0) is 12.1. The van der Waals surface area contributed by atoms with Crippen LogP contribution in [0.5, 0.6) is 5.75 Å². The molecule has 0 aliphatic carbocycles. The van der Waals surface area contributed by atoms with Crippen LogP contribution < -0.4 is 5.73 Å². The first-order valence-corrected chi connectivity index (χ1v) is 5.32. The Hall–Kier alpha value is -1.26. The summed E-state index contributed by atoms with van der Waals surface area (Å²) >= 11 is 5.73. The van der Waals surface area contributed by atoms with Gasteiger partial charge in [-0.05, 0) is 18.6 Å². The van der Waals surface area contributed by atoms with Gasteiger partial charge < -0.3 is 15.6 Å². The van der Waals surface area contributed by atoms with Gasteiger partial charge in [-0.25, -0.2) is 0 Å². The van der Waals surface area contributed by atoms with Gasteiger partial charge in [0.05, 0.1) is 11.6 Å². The smallest absolute Gasteiger partial charge is 0.323 e. The average Bonchev–Trinajstić information content (AvgIpc) is 2.25. The summed E-state index contributed by atoms with van der Waals surface area (Å²) in [6.07, 6.45) is 0.200. The van der Waals surface area contributed by atoms with Crippen molar-refractivity contribution >= 4 is 17.6 Å². The van der Waals surface area contributed by atoms with Crippen LogP contribution in [0, 0.1) is 0 Å². The third-order valence-corrected chi connectivity index (χ3v) is 2.40. The van der Waals surface area contributed by atoms with E-state index in [1.165, 1.54) is 0 Å². The number of hydrogen-bond donors (Lipinski definition) is 2. The molecule has 16 heavy (non-hydrogen) atoms. The number of rotatable bonds is 4. The topological polar surface area (TPSA) is 72.5 Å². The second-order valence-corrected chi connectivity index (χ2v) is 3.72. The highest BCUT2D eigenvalue weighted by molar-refractivity contribution is 6.32. The van der Waals surface area contributed by atoms with E-state index in [0.717, 1.165) is 0 Å². The number of aromatic hydroxyl groups is 1. The summed E-state index contributed by atoms with van der Waals surface area (Å²) in [5.74, 6) is -0.522. The number of esters is 1. The minimum Gasteiger partial charge on any atom is -0.506 e. The summed E-state index contributed by atoms with van der Waals surface area (Å²) in [4.78, 5) is 11.3. The highest BCUT2D eigenvalue weighted by Crippen LogP contribution is 2.27. The second-order valence-electron chi connectivity index (χ2n) is 3.31. The van der Waals surface area contributed by atoms with Gasteiger partial charge in [0.25, 0.3) is 0 Å². The van der Waals surface area contributed by atoms with E-state index in [-0.39, 0.29) is 23.8 Å². The number of carbonyl (C=O) groups excluding carboxylic acids is 1. The van der Waals surface area contributed by atoms with Gasteiger partial charge in [0.2, 0.25) is 0 Å². The molecule has 1 unspecified atom stereocenters. The molecular weight excluding hydrogens is 230 g/mol. The van der Waals surface area contributed by atoms with Crippen molar-refractivity contribution in [2.75, 3.05) is 6.61 Å². The first-order chi connectivity index (χ1) is 7.56. The van der Waals surface area contributed by atoms with Gasteiger partial charge >= 0.3 is 5.97 Å². The molecule has 0 aliphatic heterocycles. The van der Waals surface area contributed by atoms with Crippen molar-refractivity contribution in [3.05, 3.63) is 28.8 Å². The number of benzene rings is 1. The molecule has 0 aliphatic rings. The van der Waals surface area contributed by atoms with Crippen molar-refractivity contribution < 1.29 is 14.6 Å². The number of ether oxygens (including phenoxy) is 1. The molecule has 0 amide bonds. The van der Waals surface area contributed by atoms with E-state index in [4.69, 9.17) is 22.1 Å². The maximum absolute atomic E-state index is 11.3. The molecule has 1 rings (SSSR count). The van der Waals surface area contributed by atoms with Crippen LogP contribution in [0.25, 0.3) is 0 Å². The summed E-state index contributed by atoms with van der Waals surface area (Å²) in [5, 5.41) is 9.86. The Morgan fingerprint density at radius 2 is 2.31 bits per heavy atom. The van der Waals surface area contributed by atoms with Crippen molar-refractivity contribution in [2.24, 2.45) is 5.73 Å². The predicted octanol–water partition coefficient (Wildman–Crippen LogP) is 1.48. The van der Waals surface area contributed by atoms with Crippen molar-refractivity contribution in [3.8, 4) is 5.75 Å². The van der Waals surface area contributed by atoms with E-state index < -0.39 is 12.0 Å². The highest BCUT2D eigenvalue weighted by Gasteiger charge is 2.17. The molecule has 3 N–H and O–H groups in total. The Kier molecular flexibility index (Phi) is 4.58. The fourth-order valence-electron chi connectivity index (χ4n) is 1.29. The molecule has 1 atom stereocenters. The monoisotopic (exact) mass is 243 g/mol. The van der Waals surface area contributed by atoms with E-state index in [9.17, 15) is 9.90 Å². The standard InChI is InChI=1S/C11H14ClNO3/c1-2-16-11(15)9(13)6-7-4-3-5-8(12)10(7)14/h3-5,9,14H,2,6,13H2,1H3. The molecule has 88 valence electrons. The molecule has 1 aromatic rings. The molecule has 0 bridgehead atoms. The van der Waals surface area contributed by atoms with Crippen LogP contribution in [0.1, 0.15) is 12.5 Å². The lowest BCUT2D eigenvalue weighted by Crippen LogP contribution is -2.34. The van der Waals surface area contributed by atoms with E-state index in [1.54, 1.807) is 25.1 Å². The summed E-state index contributed by atoms with van der Waals surface area (Å²) in [7, 11) is 0. The minimum atomic E-state index is -0.788. The fraction of sp³-hybridized carbons (Fsp3) is 0.364. The Balaban J connectivity index is 2.73. The normalized spacial score (nSPS) is 12.2. The van der Waals surface area contributed by atoms with E-state index in [2.05, 4.69) is 0 Å².